The number of benzene rings is 2. The van der Waals surface area contributed by atoms with Crippen LogP contribution in [0.15, 0.2) is 85.0 Å². The summed E-state index contributed by atoms with van der Waals surface area (Å²) in [5, 5.41) is 3.03. The second kappa shape index (κ2) is 8.22. The molecule has 2 aromatic carbocycles. The fourth-order valence-corrected chi connectivity index (χ4v) is 11.2. The standard InChI is InChI=1S/C26H33NSi/c1-22(2)26(20-12-13-21-26)28(24-16-8-4-9-17-24,25-18-10-5-11-19-25)27-23-14-6-3-7-15-23/h4-5,8-13,16-23,27H,3,6-7,14-15H2,1-2H3. The van der Waals surface area contributed by atoms with Gasteiger partial charge >= 0.3 is 0 Å². The summed E-state index contributed by atoms with van der Waals surface area (Å²) in [6.07, 6.45) is 16.2. The second-order valence-corrected chi connectivity index (χ2v) is 12.6. The van der Waals surface area contributed by atoms with Gasteiger partial charge in [0, 0.05) is 11.1 Å². The number of rotatable bonds is 6. The Morgan fingerprint density at radius 3 is 1.75 bits per heavy atom. The fraction of sp³-hybridized carbons (Fsp3) is 0.385. The van der Waals surface area contributed by atoms with Crippen LogP contribution in [0.3, 0.4) is 0 Å². The van der Waals surface area contributed by atoms with E-state index in [0.29, 0.717) is 12.0 Å². The quantitative estimate of drug-likeness (QED) is 0.673. The van der Waals surface area contributed by atoms with E-state index < -0.39 is 8.24 Å². The molecule has 0 amide bonds. The van der Waals surface area contributed by atoms with Crippen LogP contribution >= 0.6 is 0 Å². The molecule has 28 heavy (non-hydrogen) atoms. The molecule has 0 bridgehead atoms. The third kappa shape index (κ3) is 3.23. The number of allylic oxidation sites excluding steroid dienone is 4. The lowest BCUT2D eigenvalue weighted by atomic mass is 9.96. The molecule has 0 saturated heterocycles. The Morgan fingerprint density at radius 1 is 0.786 bits per heavy atom. The highest BCUT2D eigenvalue weighted by atomic mass is 28.3. The van der Waals surface area contributed by atoms with Gasteiger partial charge in [-0.25, -0.2) is 0 Å². The second-order valence-electron chi connectivity index (χ2n) is 8.77. The Morgan fingerprint density at radius 2 is 1.29 bits per heavy atom. The normalized spacial score (nSPS) is 19.4. The molecule has 0 unspecified atom stereocenters. The van der Waals surface area contributed by atoms with Crippen LogP contribution in [-0.4, -0.2) is 14.3 Å². The van der Waals surface area contributed by atoms with E-state index in [1.165, 1.54) is 42.5 Å². The Bertz CT molecular complexity index is 765. The summed E-state index contributed by atoms with van der Waals surface area (Å²) in [4.78, 5) is 4.40. The van der Waals surface area contributed by atoms with E-state index >= 15 is 0 Å². The maximum atomic E-state index is 4.40. The predicted octanol–water partition coefficient (Wildman–Crippen LogP) is 5.19. The van der Waals surface area contributed by atoms with Gasteiger partial charge in [-0.15, -0.1) is 0 Å². The van der Waals surface area contributed by atoms with Crippen molar-refractivity contribution < 1.29 is 0 Å². The van der Waals surface area contributed by atoms with Crippen molar-refractivity contribution in [3.63, 3.8) is 0 Å². The Labute approximate surface area is 171 Å². The van der Waals surface area contributed by atoms with E-state index in [0.717, 1.165) is 0 Å². The molecule has 0 radical (unpaired) electrons. The van der Waals surface area contributed by atoms with Gasteiger partial charge in [-0.05, 0) is 29.1 Å². The van der Waals surface area contributed by atoms with Crippen LogP contribution in [-0.2, 0) is 0 Å². The molecule has 2 aliphatic rings. The molecule has 0 aliphatic heterocycles. The lowest BCUT2D eigenvalue weighted by molar-refractivity contribution is 0.408. The number of nitrogens with one attached hydrogen (secondary N) is 1. The molecule has 1 fully saturated rings. The first-order valence-corrected chi connectivity index (χ1v) is 12.9. The zero-order valence-corrected chi connectivity index (χ0v) is 18.3. The smallest absolute Gasteiger partial charge is 0.204 e. The summed E-state index contributed by atoms with van der Waals surface area (Å²) in [6.45, 7) is 4.80. The molecule has 0 spiro atoms. The van der Waals surface area contributed by atoms with Crippen LogP contribution in [0.25, 0.3) is 0 Å². The van der Waals surface area contributed by atoms with Crippen LogP contribution in [0.5, 0.6) is 0 Å². The summed E-state index contributed by atoms with van der Waals surface area (Å²) in [5.41, 5.74) is 0. The molecule has 1 saturated carbocycles. The summed E-state index contributed by atoms with van der Waals surface area (Å²) >= 11 is 0. The van der Waals surface area contributed by atoms with Gasteiger partial charge in [0.15, 0.2) is 0 Å². The van der Waals surface area contributed by atoms with Crippen molar-refractivity contribution in [3.05, 3.63) is 85.0 Å². The van der Waals surface area contributed by atoms with Crippen LogP contribution < -0.4 is 15.4 Å². The summed E-state index contributed by atoms with van der Waals surface area (Å²) in [7, 11) is -2.34. The van der Waals surface area contributed by atoms with E-state index in [4.69, 9.17) is 0 Å². The van der Waals surface area contributed by atoms with Gasteiger partial charge in [0.05, 0.1) is 0 Å². The third-order valence-corrected chi connectivity index (χ3v) is 12.3. The Hall–Kier alpha value is -1.90. The summed E-state index contributed by atoms with van der Waals surface area (Å²) < 4.78 is 0. The maximum Gasteiger partial charge on any atom is 0.204 e. The van der Waals surface area contributed by atoms with E-state index in [1.54, 1.807) is 0 Å². The molecule has 1 N–H and O–H groups in total. The first kappa shape index (κ1) is 19.4. The SMILES string of the molecule is CC(C)C1([Si](NC2CCCCC2)(c2ccccc2)c2ccccc2)C=CC=C1. The molecule has 2 aromatic rings. The minimum absolute atomic E-state index is 0.0349. The molecule has 0 heterocycles. The predicted molar refractivity (Wildman–Crippen MR) is 124 cm³/mol. The van der Waals surface area contributed by atoms with Crippen LogP contribution in [0, 0.1) is 5.92 Å². The first-order chi connectivity index (χ1) is 13.7. The molecule has 4 rings (SSSR count). The van der Waals surface area contributed by atoms with Crippen molar-refractivity contribution >= 4 is 18.6 Å². The van der Waals surface area contributed by atoms with Gasteiger partial charge < -0.3 is 4.98 Å². The average Bonchev–Trinajstić information content (AvgIpc) is 3.26. The molecular weight excluding hydrogens is 354 g/mol. The van der Waals surface area contributed by atoms with Gasteiger partial charge in [-0.2, -0.15) is 0 Å². The minimum atomic E-state index is -2.34. The Kier molecular flexibility index (Phi) is 5.70. The van der Waals surface area contributed by atoms with Gasteiger partial charge in [-0.1, -0.05) is 118 Å². The molecule has 146 valence electrons. The number of hydrogen-bond acceptors (Lipinski definition) is 1. The summed E-state index contributed by atoms with van der Waals surface area (Å²) in [6, 6.07) is 23.3. The molecule has 2 aliphatic carbocycles. The lowest BCUT2D eigenvalue weighted by Gasteiger charge is -2.51. The highest BCUT2D eigenvalue weighted by Gasteiger charge is 2.56. The molecular formula is C26H33NSi. The van der Waals surface area contributed by atoms with Crippen molar-refractivity contribution in [2.75, 3.05) is 0 Å². The van der Waals surface area contributed by atoms with Crippen LogP contribution in [0.2, 0.25) is 5.04 Å². The van der Waals surface area contributed by atoms with Crippen molar-refractivity contribution in [1.82, 2.24) is 4.98 Å². The van der Waals surface area contributed by atoms with Crippen molar-refractivity contribution in [2.24, 2.45) is 5.92 Å². The van der Waals surface area contributed by atoms with E-state index in [2.05, 4.69) is 104 Å². The summed E-state index contributed by atoms with van der Waals surface area (Å²) in [5.74, 6) is 0.519. The zero-order chi connectivity index (χ0) is 19.5. The molecule has 1 nitrogen and oxygen atoms in total. The third-order valence-electron chi connectivity index (χ3n) is 6.90. The van der Waals surface area contributed by atoms with Gasteiger partial charge in [0.1, 0.15) is 0 Å². The van der Waals surface area contributed by atoms with E-state index in [-0.39, 0.29) is 5.04 Å². The molecule has 0 atom stereocenters. The first-order valence-electron chi connectivity index (χ1n) is 10.9. The fourth-order valence-electron chi connectivity index (χ4n) is 5.44. The highest BCUT2D eigenvalue weighted by Crippen LogP contribution is 2.49. The molecule has 0 aromatic heterocycles. The Balaban J connectivity index is 1.97. The monoisotopic (exact) mass is 387 g/mol. The largest absolute Gasteiger partial charge is 0.327 e. The lowest BCUT2D eigenvalue weighted by Crippen LogP contribution is -2.77. The average molecular weight is 388 g/mol. The van der Waals surface area contributed by atoms with Crippen molar-refractivity contribution in [3.8, 4) is 0 Å². The van der Waals surface area contributed by atoms with Gasteiger partial charge in [0.2, 0.25) is 8.24 Å². The van der Waals surface area contributed by atoms with Gasteiger partial charge in [-0.3, -0.25) is 0 Å². The van der Waals surface area contributed by atoms with Crippen molar-refractivity contribution in [1.29, 1.82) is 0 Å². The van der Waals surface area contributed by atoms with Crippen molar-refractivity contribution in [2.45, 2.75) is 57.0 Å². The van der Waals surface area contributed by atoms with E-state index in [1.807, 2.05) is 0 Å². The topological polar surface area (TPSA) is 12.0 Å². The maximum absolute atomic E-state index is 4.40. The van der Waals surface area contributed by atoms with E-state index in [9.17, 15) is 0 Å². The molecule has 2 heteroatoms. The zero-order valence-electron chi connectivity index (χ0n) is 17.3. The van der Waals surface area contributed by atoms with Crippen LogP contribution in [0.1, 0.15) is 46.0 Å². The highest BCUT2D eigenvalue weighted by molar-refractivity contribution is 7.03. The minimum Gasteiger partial charge on any atom is -0.327 e. The van der Waals surface area contributed by atoms with Gasteiger partial charge in [0.25, 0.3) is 0 Å². The van der Waals surface area contributed by atoms with Crippen LogP contribution in [0.4, 0.5) is 0 Å². The number of hydrogen-bond donors (Lipinski definition) is 1.